The molecule has 1 atom stereocenters. The lowest BCUT2D eigenvalue weighted by Gasteiger charge is -2.12. The molecule has 1 amide bonds. The molecule has 2 N–H and O–H groups in total. The summed E-state index contributed by atoms with van der Waals surface area (Å²) in [4.78, 5) is 15.6. The molecule has 0 bridgehead atoms. The summed E-state index contributed by atoms with van der Waals surface area (Å²) in [7, 11) is 0. The van der Waals surface area contributed by atoms with Gasteiger partial charge in [-0.15, -0.1) is 0 Å². The summed E-state index contributed by atoms with van der Waals surface area (Å²) in [5.74, 6) is -0.630. The lowest BCUT2D eigenvalue weighted by Crippen LogP contribution is -2.30. The van der Waals surface area contributed by atoms with E-state index in [0.29, 0.717) is 12.1 Å². The van der Waals surface area contributed by atoms with Gasteiger partial charge in [-0.3, -0.25) is 4.79 Å². The van der Waals surface area contributed by atoms with E-state index in [9.17, 15) is 9.18 Å². The van der Waals surface area contributed by atoms with E-state index in [-0.39, 0.29) is 17.6 Å². The molecule has 1 heterocycles. The first kappa shape index (κ1) is 15.1. The molecule has 1 aromatic heterocycles. The van der Waals surface area contributed by atoms with Crippen LogP contribution in [0.15, 0.2) is 30.9 Å². The van der Waals surface area contributed by atoms with Crippen LogP contribution >= 0.6 is 0 Å². The SMILES string of the molecule is CCNC(C)CC(=O)Nc1ccc(-n2cncn2)c(F)c1. The summed E-state index contributed by atoms with van der Waals surface area (Å²) >= 11 is 0. The molecular weight excluding hydrogens is 273 g/mol. The molecule has 2 aromatic rings. The van der Waals surface area contributed by atoms with E-state index >= 15 is 0 Å². The average molecular weight is 291 g/mol. The van der Waals surface area contributed by atoms with Gasteiger partial charge >= 0.3 is 0 Å². The van der Waals surface area contributed by atoms with Gasteiger partial charge in [0.1, 0.15) is 18.3 Å². The lowest BCUT2D eigenvalue weighted by atomic mass is 10.2. The van der Waals surface area contributed by atoms with Gasteiger partial charge in [-0.2, -0.15) is 5.10 Å². The van der Waals surface area contributed by atoms with Crippen molar-refractivity contribution in [1.82, 2.24) is 20.1 Å². The van der Waals surface area contributed by atoms with Gasteiger partial charge in [0.25, 0.3) is 0 Å². The number of carbonyl (C=O) groups is 1. The predicted molar refractivity (Wildman–Crippen MR) is 77.7 cm³/mol. The van der Waals surface area contributed by atoms with Gasteiger partial charge in [0, 0.05) is 18.2 Å². The van der Waals surface area contributed by atoms with Crippen molar-refractivity contribution < 1.29 is 9.18 Å². The zero-order valence-corrected chi connectivity index (χ0v) is 12.0. The van der Waals surface area contributed by atoms with E-state index in [2.05, 4.69) is 20.7 Å². The van der Waals surface area contributed by atoms with Crippen molar-refractivity contribution in [2.24, 2.45) is 0 Å². The molecule has 1 unspecified atom stereocenters. The Kier molecular flexibility index (Phi) is 4.99. The van der Waals surface area contributed by atoms with Crippen molar-refractivity contribution >= 4 is 11.6 Å². The van der Waals surface area contributed by atoms with Crippen LogP contribution in [0.4, 0.5) is 10.1 Å². The van der Waals surface area contributed by atoms with Crippen LogP contribution in [-0.2, 0) is 4.79 Å². The van der Waals surface area contributed by atoms with Crippen molar-refractivity contribution in [3.63, 3.8) is 0 Å². The molecule has 112 valence electrons. The average Bonchev–Trinajstić information content (AvgIpc) is 2.92. The van der Waals surface area contributed by atoms with E-state index in [1.807, 2.05) is 13.8 Å². The van der Waals surface area contributed by atoms with Gasteiger partial charge in [-0.1, -0.05) is 6.92 Å². The van der Waals surface area contributed by atoms with Crippen molar-refractivity contribution in [3.05, 3.63) is 36.7 Å². The first-order valence-corrected chi connectivity index (χ1v) is 6.78. The Morgan fingerprint density at radius 2 is 2.29 bits per heavy atom. The minimum absolute atomic E-state index is 0.0780. The van der Waals surface area contributed by atoms with Crippen molar-refractivity contribution in [2.45, 2.75) is 26.3 Å². The van der Waals surface area contributed by atoms with Crippen LogP contribution < -0.4 is 10.6 Å². The van der Waals surface area contributed by atoms with Gasteiger partial charge in [0.05, 0.1) is 0 Å². The second kappa shape index (κ2) is 6.94. The van der Waals surface area contributed by atoms with Crippen molar-refractivity contribution in [1.29, 1.82) is 0 Å². The minimum Gasteiger partial charge on any atom is -0.326 e. The molecule has 0 saturated heterocycles. The number of halogens is 1. The number of anilines is 1. The van der Waals surface area contributed by atoms with Gasteiger partial charge in [-0.25, -0.2) is 14.1 Å². The van der Waals surface area contributed by atoms with Crippen LogP contribution in [0.2, 0.25) is 0 Å². The van der Waals surface area contributed by atoms with E-state index in [0.717, 1.165) is 6.54 Å². The maximum atomic E-state index is 14.0. The fourth-order valence-electron chi connectivity index (χ4n) is 2.01. The normalized spacial score (nSPS) is 12.1. The Labute approximate surface area is 122 Å². The second-order valence-electron chi connectivity index (χ2n) is 4.72. The van der Waals surface area contributed by atoms with Crippen LogP contribution in [-0.4, -0.2) is 33.3 Å². The minimum atomic E-state index is -0.474. The molecule has 0 aliphatic heterocycles. The van der Waals surface area contributed by atoms with E-state index in [1.54, 1.807) is 12.1 Å². The molecule has 21 heavy (non-hydrogen) atoms. The molecule has 7 heteroatoms. The molecular formula is C14H18FN5O. The molecule has 0 spiro atoms. The largest absolute Gasteiger partial charge is 0.326 e. The number of nitrogens with zero attached hydrogens (tertiary/aromatic N) is 3. The third-order valence-electron chi connectivity index (χ3n) is 2.94. The van der Waals surface area contributed by atoms with Crippen LogP contribution in [0.3, 0.4) is 0 Å². The van der Waals surface area contributed by atoms with Crippen LogP contribution in [0.1, 0.15) is 20.3 Å². The number of rotatable bonds is 6. The smallest absolute Gasteiger partial charge is 0.225 e. The number of amides is 1. The number of benzene rings is 1. The number of carbonyl (C=O) groups excluding carboxylic acids is 1. The van der Waals surface area contributed by atoms with Gasteiger partial charge < -0.3 is 10.6 Å². The fourth-order valence-corrected chi connectivity index (χ4v) is 2.01. The molecule has 6 nitrogen and oxygen atoms in total. The number of hydrogen-bond donors (Lipinski definition) is 2. The summed E-state index contributed by atoms with van der Waals surface area (Å²) in [6.07, 6.45) is 3.08. The van der Waals surface area contributed by atoms with E-state index in [4.69, 9.17) is 0 Å². The quantitative estimate of drug-likeness (QED) is 0.850. The Morgan fingerprint density at radius 1 is 1.48 bits per heavy atom. The van der Waals surface area contributed by atoms with Crippen LogP contribution in [0.25, 0.3) is 5.69 Å². The first-order valence-electron chi connectivity index (χ1n) is 6.78. The summed E-state index contributed by atoms with van der Waals surface area (Å²) in [6, 6.07) is 4.53. The zero-order valence-electron chi connectivity index (χ0n) is 12.0. The summed E-state index contributed by atoms with van der Waals surface area (Å²) < 4.78 is 15.3. The maximum absolute atomic E-state index is 14.0. The van der Waals surface area contributed by atoms with Gasteiger partial charge in [-0.05, 0) is 31.7 Å². The lowest BCUT2D eigenvalue weighted by molar-refractivity contribution is -0.116. The Bertz CT molecular complexity index is 599. The first-order chi connectivity index (χ1) is 10.1. The van der Waals surface area contributed by atoms with Crippen molar-refractivity contribution in [2.75, 3.05) is 11.9 Å². The van der Waals surface area contributed by atoms with Crippen molar-refractivity contribution in [3.8, 4) is 5.69 Å². The van der Waals surface area contributed by atoms with Gasteiger partial charge in [0.2, 0.25) is 5.91 Å². The third-order valence-corrected chi connectivity index (χ3v) is 2.94. The third kappa shape index (κ3) is 4.09. The molecule has 0 saturated carbocycles. The molecule has 0 radical (unpaired) electrons. The molecule has 1 aromatic carbocycles. The highest BCUT2D eigenvalue weighted by Gasteiger charge is 2.10. The number of nitrogens with one attached hydrogen (secondary N) is 2. The van der Waals surface area contributed by atoms with Crippen LogP contribution in [0.5, 0.6) is 0 Å². The highest BCUT2D eigenvalue weighted by Crippen LogP contribution is 2.17. The Morgan fingerprint density at radius 3 is 2.90 bits per heavy atom. The highest BCUT2D eigenvalue weighted by molar-refractivity contribution is 5.91. The topological polar surface area (TPSA) is 71.8 Å². The summed E-state index contributed by atoms with van der Waals surface area (Å²) in [5, 5.41) is 9.70. The van der Waals surface area contributed by atoms with E-state index in [1.165, 1.54) is 23.4 Å². The maximum Gasteiger partial charge on any atom is 0.225 e. The fraction of sp³-hybridized carbons (Fsp3) is 0.357. The molecule has 0 aliphatic carbocycles. The zero-order chi connectivity index (χ0) is 15.2. The summed E-state index contributed by atoms with van der Waals surface area (Å²) in [6.45, 7) is 4.71. The molecule has 2 rings (SSSR count). The van der Waals surface area contributed by atoms with Crippen LogP contribution in [0, 0.1) is 5.82 Å². The Hall–Kier alpha value is -2.28. The molecule has 0 aliphatic rings. The Balaban J connectivity index is 2.02. The molecule has 0 fully saturated rings. The van der Waals surface area contributed by atoms with Gasteiger partial charge in [0.15, 0.2) is 5.82 Å². The monoisotopic (exact) mass is 291 g/mol. The predicted octanol–water partition coefficient (Wildman–Crippen LogP) is 1.73. The standard InChI is InChI=1S/C14H18FN5O/c1-3-17-10(2)6-14(21)19-11-4-5-13(12(15)7-11)20-9-16-8-18-20/h4-5,7-10,17H,3,6H2,1-2H3,(H,19,21). The van der Waals surface area contributed by atoms with E-state index < -0.39 is 5.82 Å². The number of aromatic nitrogens is 3. The highest BCUT2D eigenvalue weighted by atomic mass is 19.1. The number of hydrogen-bond acceptors (Lipinski definition) is 4. The summed E-state index contributed by atoms with van der Waals surface area (Å²) in [5.41, 5.74) is 0.705. The second-order valence-corrected chi connectivity index (χ2v) is 4.72.